The number of imidazole rings is 1. The number of carbonyl (C=O) groups excluding carboxylic acids is 1. The first-order chi connectivity index (χ1) is 9.58. The fraction of sp³-hybridized carbons (Fsp3) is 0.333. The van der Waals surface area contributed by atoms with Crippen LogP contribution in [0.1, 0.15) is 28.9 Å². The maximum absolute atomic E-state index is 11.9. The highest BCUT2D eigenvalue weighted by Gasteiger charge is 2.19. The van der Waals surface area contributed by atoms with E-state index in [2.05, 4.69) is 4.98 Å². The van der Waals surface area contributed by atoms with Gasteiger partial charge < -0.3 is 14.0 Å². The van der Waals surface area contributed by atoms with E-state index in [1.165, 1.54) is 0 Å². The number of rotatable bonds is 4. The number of aromatic nitrogens is 2. The van der Waals surface area contributed by atoms with Crippen molar-refractivity contribution in [2.24, 2.45) is 0 Å². The zero-order valence-electron chi connectivity index (χ0n) is 12.1. The van der Waals surface area contributed by atoms with E-state index < -0.39 is 5.97 Å². The van der Waals surface area contributed by atoms with Crippen LogP contribution < -0.4 is 4.74 Å². The van der Waals surface area contributed by atoms with Gasteiger partial charge in [-0.05, 0) is 32.9 Å². The second-order valence-corrected chi connectivity index (χ2v) is 4.35. The van der Waals surface area contributed by atoms with Crippen LogP contribution in [0.25, 0.3) is 5.69 Å². The highest BCUT2D eigenvalue weighted by Crippen LogP contribution is 2.22. The normalized spacial score (nSPS) is 10.4. The summed E-state index contributed by atoms with van der Waals surface area (Å²) in [5.74, 6) is 1.10. The number of nitrogens with zero attached hydrogens (tertiary/aromatic N) is 2. The van der Waals surface area contributed by atoms with E-state index in [0.29, 0.717) is 12.3 Å². The molecule has 0 N–H and O–H groups in total. The van der Waals surface area contributed by atoms with E-state index in [4.69, 9.17) is 9.47 Å². The number of aryl methyl sites for hydroxylation is 1. The Morgan fingerprint density at radius 3 is 2.75 bits per heavy atom. The summed E-state index contributed by atoms with van der Waals surface area (Å²) in [5, 5.41) is 0. The first-order valence-electron chi connectivity index (χ1n) is 6.46. The first-order valence-corrected chi connectivity index (χ1v) is 6.46. The molecule has 0 fully saturated rings. The smallest absolute Gasteiger partial charge is 0.358 e. The minimum absolute atomic E-state index is 0.337. The van der Waals surface area contributed by atoms with Gasteiger partial charge in [-0.15, -0.1) is 0 Å². The predicted molar refractivity (Wildman–Crippen MR) is 75.5 cm³/mol. The molecule has 2 rings (SSSR count). The molecule has 0 saturated carbocycles. The van der Waals surface area contributed by atoms with E-state index >= 15 is 0 Å². The molecule has 1 aromatic carbocycles. The van der Waals surface area contributed by atoms with E-state index in [1.807, 2.05) is 42.7 Å². The zero-order valence-corrected chi connectivity index (χ0v) is 12.1. The molecular formula is C15H18N2O3. The Morgan fingerprint density at radius 1 is 1.35 bits per heavy atom. The topological polar surface area (TPSA) is 53.3 Å². The molecule has 2 aromatic rings. The number of ether oxygens (including phenoxy) is 2. The molecule has 0 atom stereocenters. The monoisotopic (exact) mass is 274 g/mol. The van der Waals surface area contributed by atoms with E-state index in [0.717, 1.165) is 23.0 Å². The molecule has 20 heavy (non-hydrogen) atoms. The van der Waals surface area contributed by atoms with Gasteiger partial charge in [0.05, 0.1) is 25.1 Å². The number of hydrogen-bond donors (Lipinski definition) is 0. The van der Waals surface area contributed by atoms with E-state index in [9.17, 15) is 4.79 Å². The van der Waals surface area contributed by atoms with Gasteiger partial charge >= 0.3 is 5.97 Å². The summed E-state index contributed by atoms with van der Waals surface area (Å²) < 4.78 is 12.2. The molecule has 106 valence electrons. The second kappa shape index (κ2) is 5.77. The Morgan fingerprint density at radius 2 is 2.10 bits per heavy atom. The van der Waals surface area contributed by atoms with Crippen LogP contribution >= 0.6 is 0 Å². The Hall–Kier alpha value is -2.30. The molecule has 0 saturated heterocycles. The molecule has 0 amide bonds. The molecule has 1 heterocycles. The average Bonchev–Trinajstić information content (AvgIpc) is 2.74. The van der Waals surface area contributed by atoms with E-state index in [1.54, 1.807) is 14.0 Å². The summed E-state index contributed by atoms with van der Waals surface area (Å²) in [4.78, 5) is 16.2. The lowest BCUT2D eigenvalue weighted by molar-refractivity contribution is 0.0519. The third-order valence-corrected chi connectivity index (χ3v) is 3.06. The van der Waals surface area contributed by atoms with Crippen molar-refractivity contribution >= 4 is 5.97 Å². The zero-order chi connectivity index (χ0) is 14.7. The Kier molecular flexibility index (Phi) is 4.08. The molecule has 0 spiro atoms. The minimum Gasteiger partial charge on any atom is -0.497 e. The fourth-order valence-corrected chi connectivity index (χ4v) is 2.16. The van der Waals surface area contributed by atoms with Crippen molar-refractivity contribution in [1.82, 2.24) is 9.55 Å². The number of carbonyl (C=O) groups is 1. The van der Waals surface area contributed by atoms with Gasteiger partial charge in [0.1, 0.15) is 11.6 Å². The lowest BCUT2D eigenvalue weighted by Gasteiger charge is -2.09. The van der Waals surface area contributed by atoms with Crippen molar-refractivity contribution in [2.45, 2.75) is 20.8 Å². The number of hydrogen-bond acceptors (Lipinski definition) is 4. The minimum atomic E-state index is -0.394. The predicted octanol–water partition coefficient (Wildman–Crippen LogP) is 2.67. The average molecular weight is 274 g/mol. The summed E-state index contributed by atoms with van der Waals surface area (Å²) in [6.07, 6.45) is 0. The molecule has 0 bridgehead atoms. The fourth-order valence-electron chi connectivity index (χ4n) is 2.16. The third-order valence-electron chi connectivity index (χ3n) is 3.06. The largest absolute Gasteiger partial charge is 0.497 e. The maximum atomic E-state index is 11.9. The molecule has 5 heteroatoms. The SMILES string of the molecule is CCOC(=O)c1nc(C)n(-c2cccc(OC)c2)c1C. The molecule has 0 aliphatic carbocycles. The molecule has 0 aliphatic heterocycles. The number of benzene rings is 1. The lowest BCUT2D eigenvalue weighted by atomic mass is 10.2. The summed E-state index contributed by atoms with van der Waals surface area (Å²) in [7, 11) is 1.62. The van der Waals surface area contributed by atoms with Gasteiger partial charge in [-0.3, -0.25) is 0 Å². The van der Waals surface area contributed by atoms with Gasteiger partial charge in [0.15, 0.2) is 5.69 Å². The highest BCUT2D eigenvalue weighted by molar-refractivity contribution is 5.88. The Bertz CT molecular complexity index is 632. The van der Waals surface area contributed by atoms with E-state index in [-0.39, 0.29) is 0 Å². The summed E-state index contributed by atoms with van der Waals surface area (Å²) in [6, 6.07) is 7.62. The number of methoxy groups -OCH3 is 1. The molecule has 0 unspecified atom stereocenters. The van der Waals surface area contributed by atoms with Crippen LogP contribution in [0.15, 0.2) is 24.3 Å². The summed E-state index contributed by atoms with van der Waals surface area (Å²) in [6.45, 7) is 5.82. The standard InChI is InChI=1S/C15H18N2O3/c1-5-20-15(18)14-10(2)17(11(3)16-14)12-7-6-8-13(9-12)19-4/h6-9H,5H2,1-4H3. The number of esters is 1. The first kappa shape index (κ1) is 14.1. The van der Waals surface area contributed by atoms with Gasteiger partial charge in [-0.1, -0.05) is 6.07 Å². The second-order valence-electron chi connectivity index (χ2n) is 4.35. The van der Waals surface area contributed by atoms with Crippen LogP contribution in [-0.4, -0.2) is 29.2 Å². The van der Waals surface area contributed by atoms with Crippen molar-refractivity contribution in [3.05, 3.63) is 41.5 Å². The molecule has 5 nitrogen and oxygen atoms in total. The van der Waals surface area contributed by atoms with Crippen molar-refractivity contribution in [2.75, 3.05) is 13.7 Å². The van der Waals surface area contributed by atoms with Crippen molar-refractivity contribution < 1.29 is 14.3 Å². The Labute approximate surface area is 118 Å². The van der Waals surface area contributed by atoms with Crippen molar-refractivity contribution in [3.63, 3.8) is 0 Å². The maximum Gasteiger partial charge on any atom is 0.358 e. The molecule has 1 aromatic heterocycles. The van der Waals surface area contributed by atoms with Crippen LogP contribution in [0.2, 0.25) is 0 Å². The van der Waals surface area contributed by atoms with Gasteiger partial charge in [0.25, 0.3) is 0 Å². The van der Waals surface area contributed by atoms with Crippen LogP contribution in [0.4, 0.5) is 0 Å². The van der Waals surface area contributed by atoms with Crippen LogP contribution in [0, 0.1) is 13.8 Å². The quantitative estimate of drug-likeness (QED) is 0.804. The molecule has 0 aliphatic rings. The Balaban J connectivity index is 2.49. The van der Waals surface area contributed by atoms with Crippen LogP contribution in [-0.2, 0) is 4.74 Å². The van der Waals surface area contributed by atoms with Crippen molar-refractivity contribution in [3.8, 4) is 11.4 Å². The van der Waals surface area contributed by atoms with Crippen LogP contribution in [0.5, 0.6) is 5.75 Å². The van der Waals surface area contributed by atoms with Crippen molar-refractivity contribution in [1.29, 1.82) is 0 Å². The highest BCUT2D eigenvalue weighted by atomic mass is 16.5. The summed E-state index contributed by atoms with van der Waals surface area (Å²) in [5.41, 5.74) is 2.02. The molecular weight excluding hydrogens is 256 g/mol. The van der Waals surface area contributed by atoms with Gasteiger partial charge in [0.2, 0.25) is 0 Å². The van der Waals surface area contributed by atoms with Gasteiger partial charge in [-0.25, -0.2) is 9.78 Å². The lowest BCUT2D eigenvalue weighted by Crippen LogP contribution is -2.07. The summed E-state index contributed by atoms with van der Waals surface area (Å²) >= 11 is 0. The van der Waals surface area contributed by atoms with Gasteiger partial charge in [0, 0.05) is 6.07 Å². The van der Waals surface area contributed by atoms with Gasteiger partial charge in [-0.2, -0.15) is 0 Å². The van der Waals surface area contributed by atoms with Crippen LogP contribution in [0.3, 0.4) is 0 Å². The third kappa shape index (κ3) is 2.52. The molecule has 0 radical (unpaired) electrons.